The average Bonchev–Trinajstić information content (AvgIpc) is 2.67. The molecule has 1 aromatic carbocycles. The van der Waals surface area contributed by atoms with Gasteiger partial charge in [0.15, 0.2) is 0 Å². The lowest BCUT2D eigenvalue weighted by molar-refractivity contribution is 0.0697. The monoisotopic (exact) mass is 404 g/mol. The van der Waals surface area contributed by atoms with Gasteiger partial charge in [-0.2, -0.15) is 17.0 Å². The van der Waals surface area contributed by atoms with Gasteiger partial charge in [0.1, 0.15) is 5.82 Å². The van der Waals surface area contributed by atoms with Crippen molar-refractivity contribution in [3.63, 3.8) is 0 Å². The van der Waals surface area contributed by atoms with Crippen LogP contribution in [0.1, 0.15) is 40.6 Å². The first-order chi connectivity index (χ1) is 13.2. The number of aryl methyl sites for hydroxylation is 1. The Bertz CT molecular complexity index is 974. The van der Waals surface area contributed by atoms with Crippen LogP contribution in [0.25, 0.3) is 11.3 Å². The largest absolute Gasteiger partial charge is 0.478 e. The molecule has 9 heteroatoms. The van der Waals surface area contributed by atoms with E-state index in [1.807, 2.05) is 13.0 Å². The molecule has 2 heterocycles. The summed E-state index contributed by atoms with van der Waals surface area (Å²) in [7, 11) is -0.413. The fourth-order valence-corrected chi connectivity index (χ4v) is 4.49. The third kappa shape index (κ3) is 4.21. The molecule has 1 atom stereocenters. The quantitative estimate of drug-likeness (QED) is 0.819. The van der Waals surface area contributed by atoms with E-state index in [0.717, 1.165) is 24.1 Å². The molecule has 0 unspecified atom stereocenters. The van der Waals surface area contributed by atoms with Crippen LogP contribution in [0.2, 0.25) is 0 Å². The van der Waals surface area contributed by atoms with Crippen molar-refractivity contribution >= 4 is 16.2 Å². The number of carboxylic acid groups (broad SMARTS) is 1. The number of piperidine rings is 1. The molecule has 1 aliphatic heterocycles. The maximum Gasteiger partial charge on any atom is 0.335 e. The minimum Gasteiger partial charge on any atom is -0.478 e. The molecule has 0 saturated carbocycles. The number of hydrogen-bond acceptors (Lipinski definition) is 5. The minimum atomic E-state index is -3.47. The number of hydrogen-bond donors (Lipinski definition) is 1. The van der Waals surface area contributed by atoms with E-state index in [4.69, 9.17) is 5.11 Å². The van der Waals surface area contributed by atoms with Crippen LogP contribution in [0, 0.1) is 6.92 Å². The number of nitrogens with zero attached hydrogens (tertiary/aromatic N) is 4. The molecule has 1 N–H and O–H groups in total. The van der Waals surface area contributed by atoms with E-state index in [9.17, 15) is 13.2 Å². The zero-order valence-corrected chi connectivity index (χ0v) is 17.0. The molecule has 2 aromatic rings. The zero-order chi connectivity index (χ0) is 20.5. The Labute approximate surface area is 165 Å². The first-order valence-corrected chi connectivity index (χ1v) is 10.4. The van der Waals surface area contributed by atoms with Gasteiger partial charge in [-0.1, -0.05) is 12.1 Å². The predicted octanol–water partition coefficient (Wildman–Crippen LogP) is 2.14. The first kappa shape index (κ1) is 20.4. The number of carbonyl (C=O) groups is 1. The Morgan fingerprint density at radius 3 is 2.50 bits per heavy atom. The summed E-state index contributed by atoms with van der Waals surface area (Å²) in [4.78, 5) is 20.3. The van der Waals surface area contributed by atoms with Gasteiger partial charge in [0, 0.05) is 44.4 Å². The molecule has 1 saturated heterocycles. The molecule has 1 aromatic heterocycles. The Hall–Kier alpha value is -2.36. The molecule has 0 aliphatic carbocycles. The van der Waals surface area contributed by atoms with Gasteiger partial charge < -0.3 is 5.11 Å². The zero-order valence-electron chi connectivity index (χ0n) is 16.2. The molecule has 0 amide bonds. The van der Waals surface area contributed by atoms with Gasteiger partial charge in [-0.3, -0.25) is 0 Å². The topological polar surface area (TPSA) is 104 Å². The van der Waals surface area contributed by atoms with E-state index in [1.54, 1.807) is 24.3 Å². The summed E-state index contributed by atoms with van der Waals surface area (Å²) in [6.45, 7) is 2.71. The van der Waals surface area contributed by atoms with E-state index >= 15 is 0 Å². The Balaban J connectivity index is 1.90. The number of rotatable bonds is 5. The fourth-order valence-electron chi connectivity index (χ4n) is 3.30. The molecular weight excluding hydrogens is 380 g/mol. The van der Waals surface area contributed by atoms with Crippen molar-refractivity contribution < 1.29 is 18.3 Å². The maximum atomic E-state index is 12.5. The molecular formula is C19H24N4O4S. The highest BCUT2D eigenvalue weighted by Gasteiger charge is 2.32. The van der Waals surface area contributed by atoms with Crippen molar-refractivity contribution in [1.82, 2.24) is 18.6 Å². The second-order valence-electron chi connectivity index (χ2n) is 7.12. The van der Waals surface area contributed by atoms with Crippen molar-refractivity contribution in [2.45, 2.75) is 25.7 Å². The van der Waals surface area contributed by atoms with Crippen molar-refractivity contribution in [3.8, 4) is 11.3 Å². The molecule has 150 valence electrons. The van der Waals surface area contributed by atoms with Crippen LogP contribution in [0.4, 0.5) is 0 Å². The van der Waals surface area contributed by atoms with Crippen molar-refractivity contribution in [1.29, 1.82) is 0 Å². The molecule has 0 bridgehead atoms. The van der Waals surface area contributed by atoms with Crippen LogP contribution in [0.15, 0.2) is 30.3 Å². The van der Waals surface area contributed by atoms with Gasteiger partial charge in [0.2, 0.25) is 0 Å². The van der Waals surface area contributed by atoms with E-state index in [2.05, 4.69) is 9.97 Å². The Morgan fingerprint density at radius 2 is 1.89 bits per heavy atom. The van der Waals surface area contributed by atoms with Crippen molar-refractivity contribution in [2.75, 3.05) is 27.2 Å². The number of aromatic nitrogens is 2. The van der Waals surface area contributed by atoms with Crippen LogP contribution < -0.4 is 0 Å². The number of benzene rings is 1. The third-order valence-electron chi connectivity index (χ3n) is 4.84. The number of carboxylic acids is 1. The Kier molecular flexibility index (Phi) is 5.78. The van der Waals surface area contributed by atoms with Crippen LogP contribution in [0.5, 0.6) is 0 Å². The summed E-state index contributed by atoms with van der Waals surface area (Å²) in [5, 5.41) is 9.05. The molecule has 8 nitrogen and oxygen atoms in total. The molecule has 0 spiro atoms. The standard InChI is InChI=1S/C19H24N4O4S/c1-13-11-17(14-6-8-15(9-7-14)19(24)25)21-18(20-13)16-5-4-10-23(12-16)28(26,27)22(2)3/h6-9,11,16H,4-5,10,12H2,1-3H3,(H,24,25)/t16-/m0/s1. The molecule has 0 radical (unpaired) electrons. The van der Waals surface area contributed by atoms with Crippen LogP contribution >= 0.6 is 0 Å². The molecule has 1 fully saturated rings. The summed E-state index contributed by atoms with van der Waals surface area (Å²) in [5.74, 6) is -0.438. The van der Waals surface area contributed by atoms with Crippen molar-refractivity contribution in [3.05, 3.63) is 47.4 Å². The van der Waals surface area contributed by atoms with Gasteiger partial charge in [-0.15, -0.1) is 0 Å². The fraction of sp³-hybridized carbons (Fsp3) is 0.421. The van der Waals surface area contributed by atoms with E-state index < -0.39 is 16.2 Å². The van der Waals surface area contributed by atoms with E-state index in [-0.39, 0.29) is 11.5 Å². The Morgan fingerprint density at radius 1 is 1.21 bits per heavy atom. The average molecular weight is 404 g/mol. The third-order valence-corrected chi connectivity index (χ3v) is 6.74. The van der Waals surface area contributed by atoms with Gasteiger partial charge >= 0.3 is 5.97 Å². The summed E-state index contributed by atoms with van der Waals surface area (Å²) in [6.07, 6.45) is 1.57. The number of aromatic carboxylic acids is 1. The van der Waals surface area contributed by atoms with Crippen LogP contribution in [-0.2, 0) is 10.2 Å². The van der Waals surface area contributed by atoms with Gasteiger partial charge in [-0.05, 0) is 38.0 Å². The second-order valence-corrected chi connectivity index (χ2v) is 9.26. The summed E-state index contributed by atoms with van der Waals surface area (Å²) in [6, 6.07) is 8.37. The summed E-state index contributed by atoms with van der Waals surface area (Å²) < 4.78 is 27.6. The van der Waals surface area contributed by atoms with Crippen LogP contribution in [0.3, 0.4) is 0 Å². The lowest BCUT2D eigenvalue weighted by Gasteiger charge is -2.33. The van der Waals surface area contributed by atoms with Gasteiger partial charge in [0.25, 0.3) is 10.2 Å². The molecule has 3 rings (SSSR count). The van der Waals surface area contributed by atoms with E-state index in [1.165, 1.54) is 22.7 Å². The van der Waals surface area contributed by atoms with Gasteiger partial charge in [0.05, 0.1) is 11.3 Å². The highest BCUT2D eigenvalue weighted by Crippen LogP contribution is 2.29. The first-order valence-electron chi connectivity index (χ1n) is 9.05. The van der Waals surface area contributed by atoms with Gasteiger partial charge in [-0.25, -0.2) is 14.8 Å². The molecule has 28 heavy (non-hydrogen) atoms. The lowest BCUT2D eigenvalue weighted by Crippen LogP contribution is -2.45. The van der Waals surface area contributed by atoms with E-state index in [0.29, 0.717) is 24.6 Å². The highest BCUT2D eigenvalue weighted by molar-refractivity contribution is 7.86. The lowest BCUT2D eigenvalue weighted by atomic mass is 9.98. The summed E-state index contributed by atoms with van der Waals surface area (Å²) >= 11 is 0. The summed E-state index contributed by atoms with van der Waals surface area (Å²) in [5.41, 5.74) is 2.50. The molecule has 1 aliphatic rings. The maximum absolute atomic E-state index is 12.5. The predicted molar refractivity (Wildman–Crippen MR) is 105 cm³/mol. The minimum absolute atomic E-state index is 0.0829. The SMILES string of the molecule is Cc1cc(-c2ccc(C(=O)O)cc2)nc([C@H]2CCCN(S(=O)(=O)N(C)C)C2)n1. The van der Waals surface area contributed by atoms with Crippen molar-refractivity contribution in [2.24, 2.45) is 0 Å². The smallest absolute Gasteiger partial charge is 0.335 e. The highest BCUT2D eigenvalue weighted by atomic mass is 32.2. The second kappa shape index (κ2) is 7.94. The van der Waals surface area contributed by atoms with Crippen LogP contribution in [-0.4, -0.2) is 65.3 Å². The normalized spacial score (nSPS) is 18.4.